The van der Waals surface area contributed by atoms with Gasteiger partial charge in [0, 0.05) is 31.4 Å². The first-order valence-electron chi connectivity index (χ1n) is 8.69. The van der Waals surface area contributed by atoms with Crippen molar-refractivity contribution in [3.8, 4) is 0 Å². The Labute approximate surface area is 157 Å². The third-order valence-corrected chi connectivity index (χ3v) is 7.63. The molecule has 0 saturated heterocycles. The summed E-state index contributed by atoms with van der Waals surface area (Å²) in [6, 6.07) is 30.6. The van der Waals surface area contributed by atoms with E-state index in [-0.39, 0.29) is 0 Å². The molecule has 0 unspecified atom stereocenters. The van der Waals surface area contributed by atoms with Gasteiger partial charge in [-0.3, -0.25) is 0 Å². The van der Waals surface area contributed by atoms with Crippen LogP contribution >= 0.6 is 23.5 Å². The van der Waals surface area contributed by atoms with Gasteiger partial charge in [-0.05, 0) is 41.8 Å². The van der Waals surface area contributed by atoms with Crippen molar-refractivity contribution >= 4 is 23.5 Å². The monoisotopic (exact) mass is 358 g/mol. The molecule has 0 spiro atoms. The van der Waals surface area contributed by atoms with Crippen LogP contribution in [0.5, 0.6) is 0 Å². The normalized spacial score (nSPS) is 20.8. The summed E-state index contributed by atoms with van der Waals surface area (Å²) in [5, 5.41) is 0. The maximum atomic E-state index is 2.33. The van der Waals surface area contributed by atoms with Gasteiger partial charge in [0.2, 0.25) is 0 Å². The van der Waals surface area contributed by atoms with Gasteiger partial charge in [0.15, 0.2) is 0 Å². The average molecular weight is 359 g/mol. The molecule has 122 valence electrons. The molecule has 0 aliphatic heterocycles. The van der Waals surface area contributed by atoms with Gasteiger partial charge in [-0.2, -0.15) is 0 Å². The fraction of sp³-hybridized carbons (Fsp3) is 0.130. The maximum Gasteiger partial charge on any atom is 0.0173 e. The molecule has 2 aliphatic carbocycles. The molecule has 25 heavy (non-hydrogen) atoms. The Morgan fingerprint density at radius 3 is 1.36 bits per heavy atom. The molecule has 0 aromatic heterocycles. The molecule has 0 radical (unpaired) electrons. The van der Waals surface area contributed by atoms with Gasteiger partial charge in [-0.1, -0.05) is 84.2 Å². The SMILES string of the molecule is c1ccc(SC2=C(Sc3ccccc3)[C@@H]3C[C@H]2c2ccccc23)cc1. The number of hydrogen-bond donors (Lipinski definition) is 0. The highest BCUT2D eigenvalue weighted by atomic mass is 32.2. The number of benzene rings is 3. The minimum Gasteiger partial charge on any atom is -0.0930 e. The molecule has 2 atom stereocenters. The Morgan fingerprint density at radius 1 is 0.520 bits per heavy atom. The highest BCUT2D eigenvalue weighted by Gasteiger charge is 2.43. The lowest BCUT2D eigenvalue weighted by atomic mass is 9.97. The number of rotatable bonds is 4. The Bertz CT molecular complexity index is 852. The van der Waals surface area contributed by atoms with E-state index < -0.39 is 0 Å². The molecule has 5 rings (SSSR count). The largest absolute Gasteiger partial charge is 0.0930 e. The van der Waals surface area contributed by atoms with Gasteiger partial charge < -0.3 is 0 Å². The Hall–Kier alpha value is -1.90. The maximum absolute atomic E-state index is 2.33. The van der Waals surface area contributed by atoms with E-state index in [1.807, 2.05) is 23.5 Å². The van der Waals surface area contributed by atoms with Crippen LogP contribution in [0.4, 0.5) is 0 Å². The molecule has 2 heteroatoms. The van der Waals surface area contributed by atoms with Gasteiger partial charge in [0.05, 0.1) is 0 Å². The van der Waals surface area contributed by atoms with Crippen molar-refractivity contribution in [2.45, 2.75) is 28.0 Å². The molecule has 3 aromatic carbocycles. The van der Waals surface area contributed by atoms with E-state index in [0.29, 0.717) is 11.8 Å². The van der Waals surface area contributed by atoms with Crippen LogP contribution in [0.3, 0.4) is 0 Å². The van der Waals surface area contributed by atoms with Crippen molar-refractivity contribution in [2.75, 3.05) is 0 Å². The third-order valence-electron chi connectivity index (χ3n) is 5.04. The lowest BCUT2D eigenvalue weighted by Gasteiger charge is -2.22. The van der Waals surface area contributed by atoms with Crippen molar-refractivity contribution in [3.05, 3.63) is 106 Å². The van der Waals surface area contributed by atoms with E-state index in [0.717, 1.165) is 0 Å². The van der Waals surface area contributed by atoms with Gasteiger partial charge >= 0.3 is 0 Å². The van der Waals surface area contributed by atoms with Gasteiger partial charge in [-0.25, -0.2) is 0 Å². The first-order valence-corrected chi connectivity index (χ1v) is 10.3. The zero-order chi connectivity index (χ0) is 16.6. The molecule has 2 aliphatic rings. The molecule has 0 fully saturated rings. The second kappa shape index (κ2) is 6.44. The van der Waals surface area contributed by atoms with Crippen molar-refractivity contribution < 1.29 is 0 Å². The first-order chi connectivity index (χ1) is 12.4. The van der Waals surface area contributed by atoms with Crippen molar-refractivity contribution in [1.29, 1.82) is 0 Å². The topological polar surface area (TPSA) is 0 Å². The third kappa shape index (κ3) is 2.74. The smallest absolute Gasteiger partial charge is 0.0173 e. The summed E-state index contributed by atoms with van der Waals surface area (Å²) in [6.07, 6.45) is 1.24. The molecule has 0 saturated carbocycles. The van der Waals surface area contributed by atoms with Crippen LogP contribution in [0.15, 0.2) is 105 Å². The van der Waals surface area contributed by atoms with E-state index >= 15 is 0 Å². The molecular weight excluding hydrogens is 340 g/mol. The second-order valence-corrected chi connectivity index (χ2v) is 8.76. The lowest BCUT2D eigenvalue weighted by Crippen LogP contribution is -2.01. The predicted octanol–water partition coefficient (Wildman–Crippen LogP) is 7.07. The Balaban J connectivity index is 1.57. The molecule has 3 aromatic rings. The van der Waals surface area contributed by atoms with E-state index in [2.05, 4.69) is 84.9 Å². The summed E-state index contributed by atoms with van der Waals surface area (Å²) in [5.41, 5.74) is 3.09. The van der Waals surface area contributed by atoms with Crippen molar-refractivity contribution in [2.24, 2.45) is 0 Å². The Morgan fingerprint density at radius 2 is 0.920 bits per heavy atom. The number of thioether (sulfide) groups is 2. The molecule has 0 amide bonds. The number of allylic oxidation sites excluding steroid dienone is 2. The van der Waals surface area contributed by atoms with Crippen LogP contribution in [0.1, 0.15) is 29.4 Å². The molecule has 0 N–H and O–H groups in total. The van der Waals surface area contributed by atoms with E-state index in [1.54, 1.807) is 20.9 Å². The van der Waals surface area contributed by atoms with Crippen molar-refractivity contribution in [1.82, 2.24) is 0 Å². The van der Waals surface area contributed by atoms with Gasteiger partial charge in [0.1, 0.15) is 0 Å². The lowest BCUT2D eigenvalue weighted by molar-refractivity contribution is 0.797. The van der Waals surface area contributed by atoms with E-state index in [1.165, 1.54) is 16.2 Å². The summed E-state index contributed by atoms with van der Waals surface area (Å²) in [6.45, 7) is 0. The minimum atomic E-state index is 0.567. The van der Waals surface area contributed by atoms with Crippen LogP contribution in [-0.2, 0) is 0 Å². The average Bonchev–Trinajstić information content (AvgIpc) is 3.21. The van der Waals surface area contributed by atoms with Gasteiger partial charge in [-0.15, -0.1) is 0 Å². The van der Waals surface area contributed by atoms with Crippen molar-refractivity contribution in [3.63, 3.8) is 0 Å². The minimum absolute atomic E-state index is 0.567. The predicted molar refractivity (Wildman–Crippen MR) is 108 cm³/mol. The number of hydrogen-bond acceptors (Lipinski definition) is 2. The number of fused-ring (bicyclic) bond motifs is 5. The summed E-state index contributed by atoms with van der Waals surface area (Å²) in [7, 11) is 0. The van der Waals surface area contributed by atoms with Crippen LogP contribution < -0.4 is 0 Å². The highest BCUT2D eigenvalue weighted by Crippen LogP contribution is 2.63. The standard InChI is InChI=1S/C23H18S2/c1-3-9-16(10-4-1)24-22-20-15-21(19-14-8-7-13-18(19)20)23(22)25-17-11-5-2-6-12-17/h1-14,20-21H,15H2/t20-,21+. The fourth-order valence-corrected chi connectivity index (χ4v) is 6.51. The van der Waals surface area contributed by atoms with Crippen LogP contribution in [0.2, 0.25) is 0 Å². The van der Waals surface area contributed by atoms with Crippen LogP contribution in [0.25, 0.3) is 0 Å². The highest BCUT2D eigenvalue weighted by molar-refractivity contribution is 8.07. The van der Waals surface area contributed by atoms with E-state index in [9.17, 15) is 0 Å². The molecular formula is C23H18S2. The summed E-state index contributed by atoms with van der Waals surface area (Å²) in [5.74, 6) is 1.13. The fourth-order valence-electron chi connectivity index (χ4n) is 3.95. The van der Waals surface area contributed by atoms with Crippen LogP contribution in [-0.4, -0.2) is 0 Å². The molecule has 0 heterocycles. The van der Waals surface area contributed by atoms with Crippen LogP contribution in [0, 0.1) is 0 Å². The molecule has 2 bridgehead atoms. The van der Waals surface area contributed by atoms with E-state index in [4.69, 9.17) is 0 Å². The first kappa shape index (κ1) is 15.4. The quantitative estimate of drug-likeness (QED) is 0.489. The Kier molecular flexibility index (Phi) is 3.95. The summed E-state index contributed by atoms with van der Waals surface area (Å²) in [4.78, 5) is 5.80. The second-order valence-electron chi connectivity index (χ2n) is 6.53. The zero-order valence-corrected chi connectivity index (χ0v) is 15.4. The zero-order valence-electron chi connectivity index (χ0n) is 13.8. The summed E-state index contributed by atoms with van der Waals surface area (Å²) < 4.78 is 0. The van der Waals surface area contributed by atoms with Gasteiger partial charge in [0.25, 0.3) is 0 Å². The molecule has 0 nitrogen and oxygen atoms in total. The summed E-state index contributed by atoms with van der Waals surface area (Å²) >= 11 is 3.93.